The minimum absolute atomic E-state index is 0.163. The third kappa shape index (κ3) is 2.76. The van der Waals surface area contributed by atoms with Crippen molar-refractivity contribution in [1.82, 2.24) is 9.55 Å². The Morgan fingerprint density at radius 3 is 2.23 bits per heavy atom. The number of hydrogen-bond donors (Lipinski definition) is 1. The monoisotopic (exact) mass is 334 g/mol. The Labute approximate surface area is 132 Å². The van der Waals surface area contributed by atoms with Crippen molar-refractivity contribution < 1.29 is 13.0 Å². The maximum Gasteiger partial charge on any atom is 0.294 e. The van der Waals surface area contributed by atoms with E-state index in [0.29, 0.717) is 16.5 Å². The van der Waals surface area contributed by atoms with Gasteiger partial charge < -0.3 is 0 Å². The molecule has 0 spiro atoms. The predicted octanol–water partition coefficient (Wildman–Crippen LogP) is 3.44. The Hall–Kier alpha value is -2.15. The maximum absolute atomic E-state index is 11.1. The summed E-state index contributed by atoms with van der Waals surface area (Å²) >= 11 is 6.17. The third-order valence-corrected chi connectivity index (χ3v) is 4.33. The number of benzene rings is 2. The number of hydrogen-bond acceptors (Lipinski definition) is 3. The van der Waals surface area contributed by atoms with Crippen molar-refractivity contribution in [3.05, 3.63) is 66.1 Å². The van der Waals surface area contributed by atoms with E-state index in [-0.39, 0.29) is 4.90 Å². The van der Waals surface area contributed by atoms with Crippen LogP contribution in [0.5, 0.6) is 0 Å². The molecule has 0 aliphatic heterocycles. The summed E-state index contributed by atoms with van der Waals surface area (Å²) in [6.45, 7) is 0. The molecule has 0 aliphatic rings. The number of aromatic nitrogens is 2. The average Bonchev–Trinajstić information content (AvgIpc) is 2.89. The molecule has 0 amide bonds. The zero-order valence-electron chi connectivity index (χ0n) is 11.2. The number of halogens is 1. The van der Waals surface area contributed by atoms with Gasteiger partial charge in [0.25, 0.3) is 10.1 Å². The highest BCUT2D eigenvalue weighted by molar-refractivity contribution is 7.85. The molecule has 0 radical (unpaired) electrons. The first-order valence-corrected chi connectivity index (χ1v) is 8.15. The Morgan fingerprint density at radius 2 is 1.64 bits per heavy atom. The van der Waals surface area contributed by atoms with Gasteiger partial charge in [-0.25, -0.2) is 4.98 Å². The molecule has 7 heteroatoms. The first kappa shape index (κ1) is 14.8. The summed E-state index contributed by atoms with van der Waals surface area (Å²) in [5.74, 6) is 0. The van der Waals surface area contributed by atoms with Gasteiger partial charge in [-0.15, -0.1) is 0 Å². The van der Waals surface area contributed by atoms with E-state index >= 15 is 0 Å². The van der Waals surface area contributed by atoms with Crippen LogP contribution in [-0.2, 0) is 10.1 Å². The normalized spacial score (nSPS) is 11.5. The van der Waals surface area contributed by atoms with Crippen molar-refractivity contribution in [1.29, 1.82) is 0 Å². The van der Waals surface area contributed by atoms with Crippen LogP contribution in [0.15, 0.2) is 65.8 Å². The molecule has 0 fully saturated rings. The molecular formula is C15H11ClN2O3S. The standard InChI is InChI=1S/C15H11ClN2O3S/c16-15-14(11-4-2-1-3-5-11)18(10-17-15)12-6-8-13(9-7-12)22(19,20)21/h1-10H,(H,19,20,21). The lowest BCUT2D eigenvalue weighted by Gasteiger charge is -2.09. The van der Waals surface area contributed by atoms with Gasteiger partial charge in [-0.3, -0.25) is 9.12 Å². The Bertz CT molecular complexity index is 904. The fourth-order valence-electron chi connectivity index (χ4n) is 2.16. The Morgan fingerprint density at radius 1 is 1.00 bits per heavy atom. The lowest BCUT2D eigenvalue weighted by molar-refractivity contribution is 0.483. The summed E-state index contributed by atoms with van der Waals surface area (Å²) in [5, 5.41) is 0.352. The molecule has 1 aromatic heterocycles. The molecule has 0 atom stereocenters. The van der Waals surface area contributed by atoms with Crippen molar-refractivity contribution in [2.24, 2.45) is 0 Å². The molecular weight excluding hydrogens is 324 g/mol. The molecule has 5 nitrogen and oxygen atoms in total. The van der Waals surface area contributed by atoms with Gasteiger partial charge in [0, 0.05) is 11.3 Å². The van der Waals surface area contributed by atoms with Crippen LogP contribution in [0.1, 0.15) is 0 Å². The van der Waals surface area contributed by atoms with Gasteiger partial charge >= 0.3 is 0 Å². The van der Waals surface area contributed by atoms with E-state index in [0.717, 1.165) is 5.56 Å². The summed E-state index contributed by atoms with van der Waals surface area (Å²) in [4.78, 5) is 3.94. The molecule has 2 aromatic carbocycles. The summed E-state index contributed by atoms with van der Waals surface area (Å²) in [6.07, 6.45) is 1.56. The molecule has 0 saturated carbocycles. The molecule has 1 N–H and O–H groups in total. The van der Waals surface area contributed by atoms with Crippen molar-refractivity contribution in [3.8, 4) is 16.9 Å². The highest BCUT2D eigenvalue weighted by atomic mass is 35.5. The summed E-state index contributed by atoms with van der Waals surface area (Å²) in [5.41, 5.74) is 2.29. The number of imidazole rings is 1. The fourth-order valence-corrected chi connectivity index (χ4v) is 2.88. The van der Waals surface area contributed by atoms with Gasteiger partial charge in [-0.05, 0) is 24.3 Å². The van der Waals surface area contributed by atoms with Gasteiger partial charge in [0.2, 0.25) is 0 Å². The topological polar surface area (TPSA) is 72.2 Å². The smallest absolute Gasteiger partial charge is 0.294 e. The molecule has 1 heterocycles. The van der Waals surface area contributed by atoms with E-state index in [9.17, 15) is 8.42 Å². The van der Waals surface area contributed by atoms with E-state index in [1.807, 2.05) is 30.3 Å². The van der Waals surface area contributed by atoms with Crippen LogP contribution < -0.4 is 0 Å². The quantitative estimate of drug-likeness (QED) is 0.745. The van der Waals surface area contributed by atoms with Gasteiger partial charge in [-0.2, -0.15) is 8.42 Å². The number of rotatable bonds is 3. The highest BCUT2D eigenvalue weighted by Gasteiger charge is 2.14. The van der Waals surface area contributed by atoms with Crippen LogP contribution in [-0.4, -0.2) is 22.5 Å². The summed E-state index contributed by atoms with van der Waals surface area (Å²) < 4.78 is 33.0. The molecule has 0 bridgehead atoms. The largest absolute Gasteiger partial charge is 0.297 e. The second-order valence-corrected chi connectivity index (χ2v) is 6.37. The minimum atomic E-state index is -4.21. The van der Waals surface area contributed by atoms with Crippen LogP contribution in [0.25, 0.3) is 16.9 Å². The first-order chi connectivity index (χ1) is 10.5. The lowest BCUT2D eigenvalue weighted by Crippen LogP contribution is -2.00. The third-order valence-electron chi connectivity index (χ3n) is 3.18. The molecule has 3 aromatic rings. The minimum Gasteiger partial charge on any atom is -0.297 e. The first-order valence-electron chi connectivity index (χ1n) is 6.33. The zero-order chi connectivity index (χ0) is 15.7. The van der Waals surface area contributed by atoms with E-state index in [2.05, 4.69) is 4.98 Å². The van der Waals surface area contributed by atoms with Crippen molar-refractivity contribution in [3.63, 3.8) is 0 Å². The van der Waals surface area contributed by atoms with E-state index in [1.54, 1.807) is 23.0 Å². The van der Waals surface area contributed by atoms with Gasteiger partial charge in [-0.1, -0.05) is 41.9 Å². The van der Waals surface area contributed by atoms with Crippen molar-refractivity contribution in [2.45, 2.75) is 4.90 Å². The van der Waals surface area contributed by atoms with Gasteiger partial charge in [0.05, 0.1) is 10.6 Å². The zero-order valence-corrected chi connectivity index (χ0v) is 12.8. The van der Waals surface area contributed by atoms with Crippen LogP contribution in [0, 0.1) is 0 Å². The molecule has 0 saturated heterocycles. The second kappa shape index (κ2) is 5.57. The van der Waals surface area contributed by atoms with Gasteiger partial charge in [0.15, 0.2) is 5.15 Å². The molecule has 3 rings (SSSR count). The van der Waals surface area contributed by atoms with E-state index < -0.39 is 10.1 Å². The van der Waals surface area contributed by atoms with Crippen LogP contribution >= 0.6 is 11.6 Å². The molecule has 112 valence electrons. The second-order valence-electron chi connectivity index (χ2n) is 4.59. The lowest BCUT2D eigenvalue weighted by atomic mass is 10.1. The molecule has 0 unspecified atom stereocenters. The maximum atomic E-state index is 11.1. The highest BCUT2D eigenvalue weighted by Crippen LogP contribution is 2.29. The van der Waals surface area contributed by atoms with E-state index in [4.69, 9.17) is 16.2 Å². The number of nitrogens with zero attached hydrogens (tertiary/aromatic N) is 2. The molecule has 22 heavy (non-hydrogen) atoms. The van der Waals surface area contributed by atoms with E-state index in [1.165, 1.54) is 12.1 Å². The SMILES string of the molecule is O=S(=O)(O)c1ccc(-n2cnc(Cl)c2-c2ccccc2)cc1. The summed E-state index contributed by atoms with van der Waals surface area (Å²) in [7, 11) is -4.21. The van der Waals surface area contributed by atoms with Crippen LogP contribution in [0.2, 0.25) is 5.15 Å². The van der Waals surface area contributed by atoms with Gasteiger partial charge in [0.1, 0.15) is 6.33 Å². The summed E-state index contributed by atoms with van der Waals surface area (Å²) in [6, 6.07) is 15.3. The Balaban J connectivity index is 2.11. The molecule has 0 aliphatic carbocycles. The Kier molecular flexibility index (Phi) is 3.74. The fraction of sp³-hybridized carbons (Fsp3) is 0. The average molecular weight is 335 g/mol. The van der Waals surface area contributed by atoms with Crippen LogP contribution in [0.3, 0.4) is 0 Å². The van der Waals surface area contributed by atoms with Crippen molar-refractivity contribution >= 4 is 21.7 Å². The van der Waals surface area contributed by atoms with Crippen molar-refractivity contribution in [2.75, 3.05) is 0 Å². The predicted molar refractivity (Wildman–Crippen MR) is 83.8 cm³/mol. The van der Waals surface area contributed by atoms with Crippen LogP contribution in [0.4, 0.5) is 0 Å².